The van der Waals surface area contributed by atoms with Crippen LogP contribution in [0.2, 0.25) is 0 Å². The summed E-state index contributed by atoms with van der Waals surface area (Å²) in [4.78, 5) is 12.2. The molecule has 0 aliphatic rings. The largest absolute Gasteiger partial charge is 0.344 e. The van der Waals surface area contributed by atoms with Crippen LogP contribution in [0.15, 0.2) is 54.6 Å². The molecule has 98 valence electrons. The summed E-state index contributed by atoms with van der Waals surface area (Å²) in [6, 6.07) is 17.5. The molecule has 0 aliphatic carbocycles. The summed E-state index contributed by atoms with van der Waals surface area (Å²) >= 11 is 5.67. The van der Waals surface area contributed by atoms with Gasteiger partial charge in [-0.25, -0.2) is 0 Å². The molecule has 2 rings (SSSR count). The standard InChI is InChI=1S/C15H13BrINO/c16-10-14(11-4-2-1-3-5-11)18-15(19)12-6-8-13(17)9-7-12/h1-9,14H,10H2,(H,18,19). The number of carbonyl (C=O) groups is 1. The van der Waals surface area contributed by atoms with Crippen molar-refractivity contribution in [2.75, 3.05) is 5.33 Å². The van der Waals surface area contributed by atoms with Gasteiger partial charge in [-0.1, -0.05) is 46.3 Å². The molecule has 0 radical (unpaired) electrons. The van der Waals surface area contributed by atoms with Crippen molar-refractivity contribution in [1.82, 2.24) is 5.32 Å². The van der Waals surface area contributed by atoms with Crippen LogP contribution in [0.3, 0.4) is 0 Å². The van der Waals surface area contributed by atoms with E-state index in [2.05, 4.69) is 43.8 Å². The molecule has 0 saturated heterocycles. The molecule has 2 nitrogen and oxygen atoms in total. The second-order valence-corrected chi connectivity index (χ2v) is 5.99. The number of hydrogen-bond donors (Lipinski definition) is 1. The lowest BCUT2D eigenvalue weighted by Crippen LogP contribution is -2.29. The van der Waals surface area contributed by atoms with Gasteiger partial charge in [0.05, 0.1) is 6.04 Å². The van der Waals surface area contributed by atoms with Crippen molar-refractivity contribution in [1.29, 1.82) is 0 Å². The van der Waals surface area contributed by atoms with Gasteiger partial charge in [0.1, 0.15) is 0 Å². The molecule has 1 atom stereocenters. The first-order valence-electron chi connectivity index (χ1n) is 5.88. The Morgan fingerprint density at radius 2 is 1.74 bits per heavy atom. The first-order valence-corrected chi connectivity index (χ1v) is 8.08. The molecule has 0 fully saturated rings. The number of carbonyl (C=O) groups excluding carboxylic acids is 1. The normalized spacial score (nSPS) is 11.9. The van der Waals surface area contributed by atoms with Crippen LogP contribution in [0.1, 0.15) is 22.0 Å². The van der Waals surface area contributed by atoms with E-state index in [1.165, 1.54) is 0 Å². The minimum atomic E-state index is -0.0512. The third-order valence-corrected chi connectivity index (χ3v) is 4.13. The molecule has 1 N–H and O–H groups in total. The van der Waals surface area contributed by atoms with E-state index in [4.69, 9.17) is 0 Å². The average Bonchev–Trinajstić information content (AvgIpc) is 2.46. The number of rotatable bonds is 4. The maximum absolute atomic E-state index is 12.2. The molecule has 0 saturated carbocycles. The fourth-order valence-corrected chi connectivity index (χ4v) is 2.63. The van der Waals surface area contributed by atoms with Crippen LogP contribution < -0.4 is 5.32 Å². The maximum Gasteiger partial charge on any atom is 0.251 e. The second-order valence-electron chi connectivity index (χ2n) is 4.10. The molecule has 1 amide bonds. The third-order valence-electron chi connectivity index (χ3n) is 2.77. The lowest BCUT2D eigenvalue weighted by Gasteiger charge is -2.16. The van der Waals surface area contributed by atoms with Crippen molar-refractivity contribution < 1.29 is 4.79 Å². The van der Waals surface area contributed by atoms with Crippen molar-refractivity contribution in [2.45, 2.75) is 6.04 Å². The number of alkyl halides is 1. The Morgan fingerprint density at radius 3 is 2.32 bits per heavy atom. The smallest absolute Gasteiger partial charge is 0.251 e. The number of nitrogens with one attached hydrogen (secondary N) is 1. The molecule has 0 aromatic heterocycles. The van der Waals surface area contributed by atoms with E-state index in [1.807, 2.05) is 54.6 Å². The summed E-state index contributed by atoms with van der Waals surface area (Å²) in [6.07, 6.45) is 0. The van der Waals surface area contributed by atoms with E-state index in [0.717, 1.165) is 9.13 Å². The summed E-state index contributed by atoms with van der Waals surface area (Å²) in [5.74, 6) is -0.0512. The zero-order valence-electron chi connectivity index (χ0n) is 10.1. The molecule has 0 heterocycles. The summed E-state index contributed by atoms with van der Waals surface area (Å²) in [7, 11) is 0. The fourth-order valence-electron chi connectivity index (χ4n) is 1.74. The molecule has 0 aliphatic heterocycles. The average molecular weight is 430 g/mol. The van der Waals surface area contributed by atoms with Crippen LogP contribution in [-0.2, 0) is 0 Å². The zero-order valence-corrected chi connectivity index (χ0v) is 13.9. The minimum absolute atomic E-state index is 0.0204. The second kappa shape index (κ2) is 7.05. The SMILES string of the molecule is O=C(NC(CBr)c1ccccc1)c1ccc(I)cc1. The molecular formula is C15H13BrINO. The van der Waals surface area contributed by atoms with E-state index in [1.54, 1.807) is 0 Å². The lowest BCUT2D eigenvalue weighted by atomic mass is 10.1. The predicted octanol–water partition coefficient (Wildman–Crippen LogP) is 4.16. The molecule has 2 aromatic rings. The Labute approximate surface area is 134 Å². The van der Waals surface area contributed by atoms with Gasteiger partial charge >= 0.3 is 0 Å². The van der Waals surface area contributed by atoms with Crippen molar-refractivity contribution in [3.8, 4) is 0 Å². The van der Waals surface area contributed by atoms with Gasteiger partial charge in [0.15, 0.2) is 0 Å². The van der Waals surface area contributed by atoms with Crippen LogP contribution in [0, 0.1) is 3.57 Å². The molecule has 2 aromatic carbocycles. The van der Waals surface area contributed by atoms with Crippen molar-refractivity contribution in [3.63, 3.8) is 0 Å². The zero-order chi connectivity index (χ0) is 13.7. The Morgan fingerprint density at radius 1 is 1.11 bits per heavy atom. The minimum Gasteiger partial charge on any atom is -0.344 e. The topological polar surface area (TPSA) is 29.1 Å². The Hall–Kier alpha value is -0.880. The van der Waals surface area contributed by atoms with E-state index in [9.17, 15) is 4.79 Å². The lowest BCUT2D eigenvalue weighted by molar-refractivity contribution is 0.0941. The van der Waals surface area contributed by atoms with Gasteiger partial charge in [0.2, 0.25) is 0 Å². The highest BCUT2D eigenvalue weighted by Crippen LogP contribution is 2.16. The summed E-state index contributed by atoms with van der Waals surface area (Å²) < 4.78 is 1.12. The Bertz CT molecular complexity index is 542. The highest BCUT2D eigenvalue weighted by molar-refractivity contribution is 14.1. The summed E-state index contributed by atoms with van der Waals surface area (Å²) in [5.41, 5.74) is 1.78. The predicted molar refractivity (Wildman–Crippen MR) is 89.6 cm³/mol. The van der Waals surface area contributed by atoms with Gasteiger partial charge in [-0.05, 0) is 52.4 Å². The third kappa shape index (κ3) is 4.04. The van der Waals surface area contributed by atoms with Gasteiger partial charge in [-0.3, -0.25) is 4.79 Å². The van der Waals surface area contributed by atoms with Crippen LogP contribution >= 0.6 is 38.5 Å². The van der Waals surface area contributed by atoms with Crippen LogP contribution in [0.25, 0.3) is 0 Å². The van der Waals surface area contributed by atoms with Gasteiger partial charge in [0.25, 0.3) is 5.91 Å². The maximum atomic E-state index is 12.2. The molecule has 0 bridgehead atoms. The van der Waals surface area contributed by atoms with E-state index in [-0.39, 0.29) is 11.9 Å². The van der Waals surface area contributed by atoms with E-state index < -0.39 is 0 Å². The van der Waals surface area contributed by atoms with Crippen molar-refractivity contribution in [2.24, 2.45) is 0 Å². The van der Waals surface area contributed by atoms with Crippen molar-refractivity contribution >= 4 is 44.4 Å². The number of amides is 1. The number of hydrogen-bond acceptors (Lipinski definition) is 1. The van der Waals surface area contributed by atoms with Gasteiger partial charge in [0, 0.05) is 14.5 Å². The highest BCUT2D eigenvalue weighted by atomic mass is 127. The molecule has 1 unspecified atom stereocenters. The van der Waals surface area contributed by atoms with Gasteiger partial charge in [-0.2, -0.15) is 0 Å². The number of benzene rings is 2. The first kappa shape index (κ1) is 14.5. The summed E-state index contributed by atoms with van der Waals surface area (Å²) in [6.45, 7) is 0. The summed E-state index contributed by atoms with van der Waals surface area (Å²) in [5, 5.41) is 3.72. The Balaban J connectivity index is 2.10. The van der Waals surface area contributed by atoms with Crippen LogP contribution in [0.5, 0.6) is 0 Å². The highest BCUT2D eigenvalue weighted by Gasteiger charge is 2.14. The van der Waals surface area contributed by atoms with E-state index >= 15 is 0 Å². The first-order chi connectivity index (χ1) is 9.20. The molecular weight excluding hydrogens is 417 g/mol. The van der Waals surface area contributed by atoms with Gasteiger partial charge in [-0.15, -0.1) is 0 Å². The number of halogens is 2. The quantitative estimate of drug-likeness (QED) is 0.573. The van der Waals surface area contributed by atoms with Crippen LogP contribution in [0.4, 0.5) is 0 Å². The molecule has 0 spiro atoms. The fraction of sp³-hybridized carbons (Fsp3) is 0.133. The monoisotopic (exact) mass is 429 g/mol. The molecule has 4 heteroatoms. The van der Waals surface area contributed by atoms with Gasteiger partial charge < -0.3 is 5.32 Å². The Kier molecular flexibility index (Phi) is 5.39. The molecule has 19 heavy (non-hydrogen) atoms. The van der Waals surface area contributed by atoms with Crippen LogP contribution in [-0.4, -0.2) is 11.2 Å². The van der Waals surface area contributed by atoms with E-state index in [0.29, 0.717) is 10.9 Å². The van der Waals surface area contributed by atoms with Crippen molar-refractivity contribution in [3.05, 3.63) is 69.3 Å².